The van der Waals surface area contributed by atoms with Gasteiger partial charge in [0, 0.05) is 11.3 Å². The Hall–Kier alpha value is -5.48. The number of anilines is 1. The third-order valence-corrected chi connectivity index (χ3v) is 7.40. The van der Waals surface area contributed by atoms with Gasteiger partial charge in [-0.05, 0) is 59.7 Å². The molecule has 0 atom stereocenters. The summed E-state index contributed by atoms with van der Waals surface area (Å²) >= 11 is 0. The van der Waals surface area contributed by atoms with Gasteiger partial charge in [0.15, 0.2) is 5.69 Å². The van der Waals surface area contributed by atoms with Crippen LogP contribution in [-0.4, -0.2) is 35.3 Å². The van der Waals surface area contributed by atoms with Crippen molar-refractivity contribution in [2.75, 3.05) is 5.32 Å². The van der Waals surface area contributed by atoms with Gasteiger partial charge in [-0.3, -0.25) is 0 Å². The Balaban J connectivity index is 1.51. The summed E-state index contributed by atoms with van der Waals surface area (Å²) in [4.78, 5) is 24.0. The third kappa shape index (κ3) is 6.40. The van der Waals surface area contributed by atoms with Gasteiger partial charge in [0.05, 0.1) is 16.3 Å². The Morgan fingerprint density at radius 3 is 1.98 bits per heavy atom. The number of sulfonamides is 1. The number of hydrogen-bond acceptors (Lipinski definition) is 5. The fourth-order valence-corrected chi connectivity index (χ4v) is 5.05. The van der Waals surface area contributed by atoms with E-state index in [1.807, 2.05) is 71.5 Å². The summed E-state index contributed by atoms with van der Waals surface area (Å²) in [6.07, 6.45) is 1.93. The van der Waals surface area contributed by atoms with E-state index in [1.54, 1.807) is 30.3 Å². The van der Waals surface area contributed by atoms with Crippen LogP contribution in [0.2, 0.25) is 0 Å². The van der Waals surface area contributed by atoms with Crippen molar-refractivity contribution in [3.05, 3.63) is 144 Å². The fourth-order valence-electron chi connectivity index (χ4n) is 4.14. The lowest BCUT2D eigenvalue weighted by atomic mass is 9.99. The molecule has 5 rings (SSSR count). The van der Waals surface area contributed by atoms with Crippen molar-refractivity contribution in [2.45, 2.75) is 4.90 Å². The van der Waals surface area contributed by atoms with E-state index < -0.39 is 22.0 Å². The van der Waals surface area contributed by atoms with Gasteiger partial charge in [0.2, 0.25) is 0 Å². The van der Waals surface area contributed by atoms with Gasteiger partial charge in [-0.1, -0.05) is 78.9 Å². The summed E-state index contributed by atoms with van der Waals surface area (Å²) in [5.74, 6) is -1.20. The molecule has 0 aliphatic rings. The van der Waals surface area contributed by atoms with Crippen LogP contribution in [0.15, 0.2) is 126 Å². The number of amides is 2. The van der Waals surface area contributed by atoms with E-state index in [0.717, 1.165) is 11.1 Å². The Labute approximate surface area is 236 Å². The summed E-state index contributed by atoms with van der Waals surface area (Å²) in [6.45, 7) is 0. The standard InChI is InChI=1S/C31H24N4O5S/c36-30(37)28-21-29(27(23-12-6-2-7-13-23)20-22-10-4-1-5-11-22)35(33-28)25-16-18-26(19-17-25)41(39,40)34-31(38)32-24-14-8-3-9-15-24/h1-21H,(H,36,37)(H2,32,34,38)/b27-20+. The van der Waals surface area contributed by atoms with Gasteiger partial charge in [-0.15, -0.1) is 0 Å². The van der Waals surface area contributed by atoms with Crippen molar-refractivity contribution in [3.63, 3.8) is 0 Å². The molecule has 41 heavy (non-hydrogen) atoms. The van der Waals surface area contributed by atoms with Gasteiger partial charge in [0.1, 0.15) is 0 Å². The quantitative estimate of drug-likeness (QED) is 0.208. The zero-order valence-corrected chi connectivity index (χ0v) is 22.3. The van der Waals surface area contributed by atoms with Crippen molar-refractivity contribution in [1.82, 2.24) is 14.5 Å². The van der Waals surface area contributed by atoms with Crippen LogP contribution in [0, 0.1) is 0 Å². The Morgan fingerprint density at radius 1 is 0.780 bits per heavy atom. The molecule has 0 fully saturated rings. The highest BCUT2D eigenvalue weighted by Crippen LogP contribution is 2.29. The monoisotopic (exact) mass is 564 g/mol. The van der Waals surface area contributed by atoms with Crippen molar-refractivity contribution < 1.29 is 23.1 Å². The van der Waals surface area contributed by atoms with Gasteiger partial charge >= 0.3 is 12.0 Å². The number of nitrogens with zero attached hydrogens (tertiary/aromatic N) is 2. The van der Waals surface area contributed by atoms with E-state index in [2.05, 4.69) is 10.4 Å². The molecule has 0 saturated heterocycles. The second-order valence-electron chi connectivity index (χ2n) is 8.89. The van der Waals surface area contributed by atoms with Crippen LogP contribution >= 0.6 is 0 Å². The molecule has 1 heterocycles. The second kappa shape index (κ2) is 11.7. The molecule has 4 aromatic carbocycles. The predicted molar refractivity (Wildman–Crippen MR) is 156 cm³/mol. The number of carboxylic acids is 1. The fraction of sp³-hybridized carbons (Fsp3) is 0. The number of nitrogens with one attached hydrogen (secondary N) is 2. The largest absolute Gasteiger partial charge is 0.476 e. The first kappa shape index (κ1) is 27.1. The minimum atomic E-state index is -4.19. The van der Waals surface area contributed by atoms with Crippen LogP contribution < -0.4 is 10.0 Å². The highest BCUT2D eigenvalue weighted by molar-refractivity contribution is 7.90. The maximum Gasteiger partial charge on any atom is 0.356 e. The SMILES string of the molecule is O=C(Nc1ccccc1)NS(=O)(=O)c1ccc(-n2nc(C(=O)O)cc2/C(=C/c2ccccc2)c2ccccc2)cc1. The first-order chi connectivity index (χ1) is 19.8. The average Bonchev–Trinajstić information content (AvgIpc) is 3.43. The van der Waals surface area contributed by atoms with Gasteiger partial charge in [0.25, 0.3) is 10.0 Å². The summed E-state index contributed by atoms with van der Waals surface area (Å²) in [5.41, 5.74) is 3.63. The van der Waals surface area contributed by atoms with Gasteiger partial charge < -0.3 is 10.4 Å². The Bertz CT molecular complexity index is 1820. The lowest BCUT2D eigenvalue weighted by Gasteiger charge is -2.13. The first-order valence-corrected chi connectivity index (χ1v) is 13.9. The van der Waals surface area contributed by atoms with Crippen molar-refractivity contribution >= 4 is 39.4 Å². The lowest BCUT2D eigenvalue weighted by Crippen LogP contribution is -2.34. The number of carbonyl (C=O) groups is 2. The van der Waals surface area contributed by atoms with E-state index in [9.17, 15) is 23.1 Å². The molecule has 0 radical (unpaired) electrons. The molecule has 2 amide bonds. The minimum absolute atomic E-state index is 0.153. The molecule has 3 N–H and O–H groups in total. The minimum Gasteiger partial charge on any atom is -0.476 e. The summed E-state index contributed by atoms with van der Waals surface area (Å²) < 4.78 is 29.2. The van der Waals surface area contributed by atoms with Crippen LogP contribution in [-0.2, 0) is 10.0 Å². The van der Waals surface area contributed by atoms with Crippen molar-refractivity contribution in [1.29, 1.82) is 0 Å². The molecule has 0 unspecified atom stereocenters. The summed E-state index contributed by atoms with van der Waals surface area (Å²) in [5, 5.41) is 16.5. The zero-order valence-electron chi connectivity index (χ0n) is 21.5. The number of carbonyl (C=O) groups excluding carboxylic acids is 1. The van der Waals surface area contributed by atoms with E-state index in [4.69, 9.17) is 0 Å². The number of benzene rings is 4. The molecule has 0 aliphatic heterocycles. The molecule has 9 nitrogen and oxygen atoms in total. The first-order valence-electron chi connectivity index (χ1n) is 12.5. The summed E-state index contributed by atoms with van der Waals surface area (Å²) in [7, 11) is -4.19. The van der Waals surface area contributed by atoms with Crippen LogP contribution in [0.5, 0.6) is 0 Å². The molecule has 0 aliphatic carbocycles. The van der Waals surface area contributed by atoms with Gasteiger partial charge in [-0.2, -0.15) is 5.10 Å². The molecule has 0 saturated carbocycles. The number of hydrogen-bond donors (Lipinski definition) is 3. The van der Waals surface area contributed by atoms with Crippen molar-refractivity contribution in [3.8, 4) is 5.69 Å². The van der Waals surface area contributed by atoms with Crippen LogP contribution in [0.25, 0.3) is 17.3 Å². The number of aromatic nitrogens is 2. The smallest absolute Gasteiger partial charge is 0.356 e. The molecule has 0 spiro atoms. The predicted octanol–water partition coefficient (Wildman–Crippen LogP) is 5.67. The van der Waals surface area contributed by atoms with Crippen LogP contribution in [0.4, 0.5) is 10.5 Å². The van der Waals surface area contributed by atoms with Crippen LogP contribution in [0.1, 0.15) is 27.3 Å². The Morgan fingerprint density at radius 2 is 1.37 bits per heavy atom. The molecular weight excluding hydrogens is 540 g/mol. The van der Waals surface area contributed by atoms with Crippen molar-refractivity contribution in [2.24, 2.45) is 0 Å². The molecule has 10 heteroatoms. The highest BCUT2D eigenvalue weighted by atomic mass is 32.2. The molecule has 1 aromatic heterocycles. The Kier molecular flexibility index (Phi) is 7.75. The number of aromatic carboxylic acids is 1. The maximum absolute atomic E-state index is 12.9. The third-order valence-electron chi connectivity index (χ3n) is 6.05. The van der Waals surface area contributed by atoms with E-state index in [-0.39, 0.29) is 10.6 Å². The number of urea groups is 1. The maximum atomic E-state index is 12.9. The highest BCUT2D eigenvalue weighted by Gasteiger charge is 2.21. The molecule has 5 aromatic rings. The number of para-hydroxylation sites is 1. The molecular formula is C31H24N4O5S. The number of carboxylic acid groups (broad SMARTS) is 1. The average molecular weight is 565 g/mol. The molecule has 0 bridgehead atoms. The molecule has 204 valence electrons. The van der Waals surface area contributed by atoms with E-state index >= 15 is 0 Å². The summed E-state index contributed by atoms with van der Waals surface area (Å²) in [6, 6.07) is 33.7. The number of rotatable bonds is 8. The van der Waals surface area contributed by atoms with Gasteiger partial charge in [-0.25, -0.2) is 27.4 Å². The van der Waals surface area contributed by atoms with E-state index in [1.165, 1.54) is 35.0 Å². The topological polar surface area (TPSA) is 130 Å². The van der Waals surface area contributed by atoms with E-state index in [0.29, 0.717) is 22.6 Å². The zero-order chi connectivity index (χ0) is 28.8. The second-order valence-corrected chi connectivity index (χ2v) is 10.6. The van der Waals surface area contributed by atoms with Crippen LogP contribution in [0.3, 0.4) is 0 Å². The lowest BCUT2D eigenvalue weighted by molar-refractivity contribution is 0.0690. The normalized spacial score (nSPS) is 11.6.